The number of aromatic amines is 1. The summed E-state index contributed by atoms with van der Waals surface area (Å²) in [5, 5.41) is 10.1. The molecule has 0 saturated heterocycles. The van der Waals surface area contributed by atoms with E-state index in [2.05, 4.69) is 25.5 Å². The van der Waals surface area contributed by atoms with E-state index in [1.807, 2.05) is 0 Å². The van der Waals surface area contributed by atoms with Crippen LogP contribution >= 0.6 is 11.6 Å². The molecule has 0 bridgehead atoms. The number of H-pyrrole nitrogens is 1. The van der Waals surface area contributed by atoms with Crippen LogP contribution in [0.2, 0.25) is 5.15 Å². The van der Waals surface area contributed by atoms with Gasteiger partial charge in [-0.25, -0.2) is 9.97 Å². The molecule has 0 unspecified atom stereocenters. The molecule has 3 aromatic heterocycles. The van der Waals surface area contributed by atoms with Gasteiger partial charge in [-0.1, -0.05) is 11.6 Å². The standard InChI is InChI=1S/C9H7ClN6/c10-6-5-8-11-3-4-16(8)9(13-6)14-7-1-2-12-15-7/h1-5H,(H2,12,13,14,15). The Hall–Kier alpha value is -2.08. The van der Waals surface area contributed by atoms with Crippen molar-refractivity contribution >= 4 is 29.0 Å². The zero-order valence-corrected chi connectivity index (χ0v) is 8.81. The molecule has 0 aliphatic rings. The van der Waals surface area contributed by atoms with Crippen molar-refractivity contribution in [2.45, 2.75) is 0 Å². The van der Waals surface area contributed by atoms with E-state index in [1.165, 1.54) is 0 Å². The molecule has 16 heavy (non-hydrogen) atoms. The Balaban J connectivity index is 2.11. The highest BCUT2D eigenvalue weighted by atomic mass is 35.5. The van der Waals surface area contributed by atoms with E-state index in [0.717, 1.165) is 5.65 Å². The van der Waals surface area contributed by atoms with Crippen molar-refractivity contribution in [2.75, 3.05) is 5.32 Å². The van der Waals surface area contributed by atoms with Crippen molar-refractivity contribution in [2.24, 2.45) is 0 Å². The van der Waals surface area contributed by atoms with Gasteiger partial charge in [-0.05, 0) is 0 Å². The molecule has 80 valence electrons. The summed E-state index contributed by atoms with van der Waals surface area (Å²) in [5.74, 6) is 1.25. The van der Waals surface area contributed by atoms with Crippen LogP contribution in [0, 0.1) is 0 Å². The van der Waals surface area contributed by atoms with Crippen molar-refractivity contribution in [3.8, 4) is 0 Å². The summed E-state index contributed by atoms with van der Waals surface area (Å²) in [6, 6.07) is 3.49. The minimum atomic E-state index is 0.386. The van der Waals surface area contributed by atoms with Gasteiger partial charge in [-0.3, -0.25) is 9.50 Å². The third kappa shape index (κ3) is 1.49. The molecule has 0 amide bonds. The topological polar surface area (TPSA) is 70.9 Å². The molecule has 0 atom stereocenters. The van der Waals surface area contributed by atoms with Gasteiger partial charge >= 0.3 is 0 Å². The summed E-state index contributed by atoms with van der Waals surface area (Å²) in [6.07, 6.45) is 5.20. The van der Waals surface area contributed by atoms with E-state index in [1.54, 1.807) is 35.1 Å². The van der Waals surface area contributed by atoms with Crippen LogP contribution in [0.3, 0.4) is 0 Å². The van der Waals surface area contributed by atoms with Crippen molar-refractivity contribution in [1.29, 1.82) is 0 Å². The number of aromatic nitrogens is 5. The van der Waals surface area contributed by atoms with Gasteiger partial charge in [-0.2, -0.15) is 5.10 Å². The number of anilines is 2. The third-order valence-electron chi connectivity index (χ3n) is 2.10. The summed E-state index contributed by atoms with van der Waals surface area (Å²) in [6.45, 7) is 0. The maximum atomic E-state index is 5.89. The van der Waals surface area contributed by atoms with Crippen LogP contribution in [0.1, 0.15) is 0 Å². The van der Waals surface area contributed by atoms with Crippen molar-refractivity contribution < 1.29 is 0 Å². The molecular weight excluding hydrogens is 228 g/mol. The second-order valence-corrected chi connectivity index (χ2v) is 3.53. The maximum absolute atomic E-state index is 5.89. The SMILES string of the molecule is Clc1cc2nccn2c(Nc2cc[nH]n2)n1. The molecule has 0 fully saturated rings. The predicted molar refractivity (Wildman–Crippen MR) is 59.9 cm³/mol. The molecule has 3 rings (SSSR count). The Morgan fingerprint density at radius 2 is 2.38 bits per heavy atom. The van der Waals surface area contributed by atoms with Gasteiger partial charge in [0.1, 0.15) is 10.8 Å². The first-order valence-corrected chi connectivity index (χ1v) is 4.97. The van der Waals surface area contributed by atoms with Crippen molar-refractivity contribution in [3.05, 3.63) is 35.9 Å². The monoisotopic (exact) mass is 234 g/mol. The Labute approximate surface area is 95.3 Å². The highest BCUT2D eigenvalue weighted by Crippen LogP contribution is 2.17. The summed E-state index contributed by atoms with van der Waals surface area (Å²) in [7, 11) is 0. The van der Waals surface area contributed by atoms with Crippen LogP contribution in [0.5, 0.6) is 0 Å². The highest BCUT2D eigenvalue weighted by Gasteiger charge is 2.06. The average molecular weight is 235 g/mol. The minimum absolute atomic E-state index is 0.386. The van der Waals surface area contributed by atoms with Gasteiger partial charge in [-0.15, -0.1) is 0 Å². The maximum Gasteiger partial charge on any atom is 0.215 e. The molecule has 0 aliphatic carbocycles. The van der Waals surface area contributed by atoms with Crippen molar-refractivity contribution in [1.82, 2.24) is 24.6 Å². The van der Waals surface area contributed by atoms with E-state index in [-0.39, 0.29) is 0 Å². The summed E-state index contributed by atoms with van der Waals surface area (Å²) in [4.78, 5) is 8.31. The molecule has 6 nitrogen and oxygen atoms in total. The lowest BCUT2D eigenvalue weighted by molar-refractivity contribution is 1.06. The minimum Gasteiger partial charge on any atom is -0.308 e. The molecule has 7 heteroatoms. The second kappa shape index (κ2) is 3.49. The van der Waals surface area contributed by atoms with E-state index in [9.17, 15) is 0 Å². The summed E-state index contributed by atoms with van der Waals surface area (Å²) < 4.78 is 1.79. The fraction of sp³-hybridized carbons (Fsp3) is 0. The predicted octanol–water partition coefficient (Wildman–Crippen LogP) is 1.85. The molecular formula is C9H7ClN6. The van der Waals surface area contributed by atoms with Gasteiger partial charge in [0, 0.05) is 30.7 Å². The van der Waals surface area contributed by atoms with E-state index in [4.69, 9.17) is 11.6 Å². The first-order chi connectivity index (χ1) is 7.83. The van der Waals surface area contributed by atoms with Gasteiger partial charge in [0.15, 0.2) is 5.82 Å². The van der Waals surface area contributed by atoms with Crippen LogP contribution in [0.25, 0.3) is 5.65 Å². The van der Waals surface area contributed by atoms with Crippen LogP contribution < -0.4 is 5.32 Å². The molecule has 0 aromatic carbocycles. The zero-order chi connectivity index (χ0) is 11.0. The van der Waals surface area contributed by atoms with E-state index >= 15 is 0 Å². The van der Waals surface area contributed by atoms with E-state index in [0.29, 0.717) is 16.9 Å². The number of nitrogens with zero attached hydrogens (tertiary/aromatic N) is 4. The van der Waals surface area contributed by atoms with Crippen LogP contribution in [0.15, 0.2) is 30.7 Å². The van der Waals surface area contributed by atoms with Crippen LogP contribution in [-0.2, 0) is 0 Å². The Bertz CT molecular complexity index is 614. The number of nitrogens with one attached hydrogen (secondary N) is 2. The third-order valence-corrected chi connectivity index (χ3v) is 2.29. The number of rotatable bonds is 2. The lowest BCUT2D eigenvalue weighted by Crippen LogP contribution is -2.01. The normalized spacial score (nSPS) is 10.8. The van der Waals surface area contributed by atoms with Crippen molar-refractivity contribution in [3.63, 3.8) is 0 Å². The number of imidazole rings is 1. The molecule has 0 spiro atoms. The molecule has 0 aliphatic heterocycles. The molecule has 3 aromatic rings. The number of fused-ring (bicyclic) bond motifs is 1. The number of hydrogen-bond acceptors (Lipinski definition) is 4. The fourth-order valence-electron chi connectivity index (χ4n) is 1.43. The average Bonchev–Trinajstić information content (AvgIpc) is 2.87. The van der Waals surface area contributed by atoms with Gasteiger partial charge < -0.3 is 5.32 Å². The lowest BCUT2D eigenvalue weighted by Gasteiger charge is -2.05. The zero-order valence-electron chi connectivity index (χ0n) is 8.05. The second-order valence-electron chi connectivity index (χ2n) is 3.14. The molecule has 0 saturated carbocycles. The molecule has 2 N–H and O–H groups in total. The van der Waals surface area contributed by atoms with Crippen LogP contribution in [0.4, 0.5) is 11.8 Å². The van der Waals surface area contributed by atoms with Gasteiger partial charge in [0.25, 0.3) is 0 Å². The number of halogens is 1. The van der Waals surface area contributed by atoms with Crippen LogP contribution in [-0.4, -0.2) is 24.6 Å². The molecule has 3 heterocycles. The quantitative estimate of drug-likeness (QED) is 0.664. The van der Waals surface area contributed by atoms with Gasteiger partial charge in [0.05, 0.1) is 0 Å². The first-order valence-electron chi connectivity index (χ1n) is 4.59. The Morgan fingerprint density at radius 1 is 1.44 bits per heavy atom. The summed E-state index contributed by atoms with van der Waals surface area (Å²) >= 11 is 5.89. The summed E-state index contributed by atoms with van der Waals surface area (Å²) in [5.41, 5.74) is 0.734. The van der Waals surface area contributed by atoms with E-state index < -0.39 is 0 Å². The Kier molecular flexibility index (Phi) is 2.00. The lowest BCUT2D eigenvalue weighted by atomic mass is 10.6. The fourth-order valence-corrected chi connectivity index (χ4v) is 1.60. The highest BCUT2D eigenvalue weighted by molar-refractivity contribution is 6.29. The smallest absolute Gasteiger partial charge is 0.215 e. The number of hydrogen-bond donors (Lipinski definition) is 2. The molecule has 0 radical (unpaired) electrons. The Morgan fingerprint density at radius 3 is 3.19 bits per heavy atom. The van der Waals surface area contributed by atoms with Gasteiger partial charge in [0.2, 0.25) is 5.95 Å². The first kappa shape index (κ1) is 9.17. The largest absolute Gasteiger partial charge is 0.308 e.